The minimum Gasteiger partial charge on any atom is -0.465 e. The van der Waals surface area contributed by atoms with Crippen LogP contribution in [-0.2, 0) is 15.8 Å². The number of aromatic nitrogens is 4. The lowest BCUT2D eigenvalue weighted by Gasteiger charge is -2.38. The highest BCUT2D eigenvalue weighted by molar-refractivity contribution is 5.87. The molecule has 3 unspecified atom stereocenters. The molecule has 6 fully saturated rings. The molecular formula is C59H64F7N11O6. The number of H-pyrrole nitrogens is 2. The molecule has 440 valence electrons. The molecule has 0 radical (unpaired) electrons. The van der Waals surface area contributed by atoms with Gasteiger partial charge in [-0.15, -0.1) is 0 Å². The van der Waals surface area contributed by atoms with Crippen molar-refractivity contribution in [2.75, 3.05) is 54.0 Å². The highest BCUT2D eigenvalue weighted by Crippen LogP contribution is 2.50. The van der Waals surface area contributed by atoms with Crippen molar-refractivity contribution in [1.29, 1.82) is 0 Å². The van der Waals surface area contributed by atoms with Crippen LogP contribution in [0.1, 0.15) is 142 Å². The SMILES string of the molecule is O=C(O)NC(C(=O)N1CCCC1c1nc2cc(F)c([C@H]3CC[C@@H](c4cc5[nH]c(C6CCCN6C(=O)[C@@H](NC(=O)O)C6CCCC6)nc5cc4F)N3c3cc(F)c(N4CCN(c5ccc(C(F)(F)F)cc5)CC4)c(F)c3)cc2[nH]1)C1CCCC1. The summed E-state index contributed by atoms with van der Waals surface area (Å²) in [4.78, 5) is 76.5. The van der Waals surface area contributed by atoms with Crippen molar-refractivity contribution in [3.8, 4) is 0 Å². The second kappa shape index (κ2) is 22.4. The number of hydrogen-bond donors (Lipinski definition) is 6. The first-order valence-electron chi connectivity index (χ1n) is 28.8. The van der Waals surface area contributed by atoms with Crippen LogP contribution >= 0.6 is 0 Å². The van der Waals surface area contributed by atoms with E-state index in [4.69, 9.17) is 9.97 Å². The van der Waals surface area contributed by atoms with Gasteiger partial charge in [0.2, 0.25) is 11.8 Å². The number of carbonyl (C=O) groups is 4. The highest BCUT2D eigenvalue weighted by atomic mass is 19.4. The van der Waals surface area contributed by atoms with E-state index in [1.165, 1.54) is 29.2 Å². The number of alkyl halides is 3. The van der Waals surface area contributed by atoms with Crippen LogP contribution in [0.4, 0.5) is 57.4 Å². The molecule has 2 aliphatic carbocycles. The third-order valence-corrected chi connectivity index (χ3v) is 18.3. The average molecular weight is 1160 g/mol. The minimum absolute atomic E-state index is 0.00646. The highest BCUT2D eigenvalue weighted by Gasteiger charge is 2.44. The zero-order valence-corrected chi connectivity index (χ0v) is 45.3. The molecule has 83 heavy (non-hydrogen) atoms. The average Bonchev–Trinajstić information content (AvgIpc) is 2.95. The van der Waals surface area contributed by atoms with Gasteiger partial charge in [-0.05, 0) is 125 Å². The van der Waals surface area contributed by atoms with Crippen LogP contribution in [-0.4, -0.2) is 115 Å². The first kappa shape index (κ1) is 55.7. The normalized spacial score (nSPS) is 22.6. The summed E-state index contributed by atoms with van der Waals surface area (Å²) < 4.78 is 108. The number of halogens is 7. The fraction of sp³-hybridized carbons (Fsp3) is 0.492. The van der Waals surface area contributed by atoms with Gasteiger partial charge in [0.1, 0.15) is 41.1 Å². The van der Waals surface area contributed by atoms with Crippen LogP contribution in [0.25, 0.3) is 22.1 Å². The lowest BCUT2D eigenvalue weighted by atomic mass is 9.96. The minimum atomic E-state index is -4.51. The summed E-state index contributed by atoms with van der Waals surface area (Å²) >= 11 is 0. The van der Waals surface area contributed by atoms with E-state index in [2.05, 4.69) is 20.6 Å². The van der Waals surface area contributed by atoms with Crippen LogP contribution in [0.5, 0.6) is 0 Å². The lowest BCUT2D eigenvalue weighted by molar-refractivity contribution is -0.138. The molecule has 24 heteroatoms. The molecule has 4 aliphatic heterocycles. The van der Waals surface area contributed by atoms with Crippen LogP contribution < -0.4 is 25.3 Å². The van der Waals surface area contributed by atoms with E-state index in [1.54, 1.807) is 26.8 Å². The Morgan fingerprint density at radius 2 is 0.952 bits per heavy atom. The fourth-order valence-corrected chi connectivity index (χ4v) is 14.4. The van der Waals surface area contributed by atoms with Gasteiger partial charge in [0.15, 0.2) is 11.6 Å². The zero-order chi connectivity index (χ0) is 58.0. The molecule has 6 atom stereocenters. The summed E-state index contributed by atoms with van der Waals surface area (Å²) in [5, 5.41) is 24.4. The third-order valence-electron chi connectivity index (χ3n) is 18.3. The molecule has 6 N–H and O–H groups in total. The fourth-order valence-electron chi connectivity index (χ4n) is 14.4. The van der Waals surface area contributed by atoms with Gasteiger partial charge >= 0.3 is 18.4 Å². The van der Waals surface area contributed by atoms with E-state index in [0.717, 1.165) is 49.9 Å². The topological polar surface area (TPSA) is 206 Å². The molecule has 2 saturated carbocycles. The molecule has 4 aromatic carbocycles. The maximum atomic E-state index is 17.0. The molecule has 0 spiro atoms. The Morgan fingerprint density at radius 3 is 1.37 bits per heavy atom. The molecule has 6 aliphatic rings. The van der Waals surface area contributed by atoms with Gasteiger partial charge in [-0.2, -0.15) is 13.2 Å². The van der Waals surface area contributed by atoms with Crippen molar-refractivity contribution in [2.45, 2.75) is 132 Å². The molecular weight excluding hydrogens is 1090 g/mol. The molecule has 6 heterocycles. The smallest absolute Gasteiger partial charge is 0.416 e. The number of amides is 4. The Balaban J connectivity index is 0.869. The molecule has 2 aromatic heterocycles. The molecule has 4 amide bonds. The van der Waals surface area contributed by atoms with Crippen molar-refractivity contribution in [3.63, 3.8) is 0 Å². The zero-order valence-electron chi connectivity index (χ0n) is 45.3. The van der Waals surface area contributed by atoms with Gasteiger partial charge in [0.25, 0.3) is 0 Å². The van der Waals surface area contributed by atoms with Crippen LogP contribution in [0.15, 0.2) is 60.7 Å². The number of nitrogens with zero attached hydrogens (tertiary/aromatic N) is 7. The summed E-state index contributed by atoms with van der Waals surface area (Å²) in [5.74, 6) is -3.51. The first-order valence-corrected chi connectivity index (χ1v) is 28.8. The maximum Gasteiger partial charge on any atom is 0.416 e. The number of fused-ring (bicyclic) bond motifs is 2. The van der Waals surface area contributed by atoms with E-state index in [1.807, 2.05) is 4.90 Å². The molecule has 17 nitrogen and oxygen atoms in total. The van der Waals surface area contributed by atoms with E-state index < -0.39 is 83.4 Å². The summed E-state index contributed by atoms with van der Waals surface area (Å²) in [6.07, 6.45) is 1.95. The van der Waals surface area contributed by atoms with Crippen molar-refractivity contribution < 1.29 is 60.1 Å². The maximum absolute atomic E-state index is 17.0. The van der Waals surface area contributed by atoms with Crippen molar-refractivity contribution in [1.82, 2.24) is 40.4 Å². The first-order chi connectivity index (χ1) is 39.9. The standard InChI is InChI=1S/C59H64F7N11O6/c60-38-29-44-42(67-53(69-44)48-11-5-19-75(48)55(78)50(71-57(80)81)31-7-1-2-8-31)27-36(38)46-17-18-47(77(46)35-25-40(62)52(41(63)26-35)74-23-21-73(22-24-74)34-15-13-33(14-16-34)59(64,65)66)37-28-43-45(30-39(37)61)70-54(68-43)49-12-6-20-76(49)56(79)51(72-58(82)83)32-9-3-4-10-32/h13-16,25-32,46-51,71-72H,1-12,17-24H2,(H,67,69)(H,68,70)(H,80,81)(H,82,83)/t46-,47+,48?,49?,50-,51?/m0/s1. The number of likely N-dealkylation sites (tertiary alicyclic amines) is 2. The molecule has 12 rings (SSSR count). The van der Waals surface area contributed by atoms with Crippen LogP contribution in [0.2, 0.25) is 0 Å². The Morgan fingerprint density at radius 1 is 0.518 bits per heavy atom. The number of benzene rings is 4. The van der Waals surface area contributed by atoms with Gasteiger partial charge in [0, 0.05) is 73.9 Å². The Hall–Kier alpha value is -7.79. The van der Waals surface area contributed by atoms with Gasteiger partial charge < -0.3 is 55.3 Å². The number of piperazine rings is 1. The summed E-state index contributed by atoms with van der Waals surface area (Å²) in [6.45, 7) is 1.46. The number of aromatic amines is 2. The van der Waals surface area contributed by atoms with Crippen molar-refractivity contribution in [2.24, 2.45) is 11.8 Å². The number of rotatable bonds is 13. The number of carbonyl (C=O) groups excluding carboxylic acids is 2. The molecule has 4 saturated heterocycles. The number of nitrogens with one attached hydrogen (secondary N) is 4. The van der Waals surface area contributed by atoms with E-state index in [-0.39, 0.29) is 96.2 Å². The quantitative estimate of drug-likeness (QED) is 0.0600. The third kappa shape index (κ3) is 10.8. The van der Waals surface area contributed by atoms with E-state index >= 15 is 17.6 Å². The Kier molecular flexibility index (Phi) is 15.1. The number of anilines is 3. The van der Waals surface area contributed by atoms with Crippen molar-refractivity contribution >= 4 is 63.1 Å². The van der Waals surface area contributed by atoms with Crippen molar-refractivity contribution in [3.05, 3.63) is 112 Å². The van der Waals surface area contributed by atoms with Crippen LogP contribution in [0.3, 0.4) is 0 Å². The summed E-state index contributed by atoms with van der Waals surface area (Å²) in [5.41, 5.74) is 0.943. The van der Waals surface area contributed by atoms with E-state index in [0.29, 0.717) is 92.8 Å². The second-order valence-corrected chi connectivity index (χ2v) is 23.1. The summed E-state index contributed by atoms with van der Waals surface area (Å²) in [6, 6.07) is 7.77. The predicted octanol–water partition coefficient (Wildman–Crippen LogP) is 11.4. The van der Waals surface area contributed by atoms with Gasteiger partial charge in [-0.25, -0.2) is 37.1 Å². The molecule has 6 aromatic rings. The number of imidazole rings is 2. The monoisotopic (exact) mass is 1160 g/mol. The predicted molar refractivity (Wildman–Crippen MR) is 293 cm³/mol. The molecule has 0 bridgehead atoms. The van der Waals surface area contributed by atoms with Gasteiger partial charge in [-0.3, -0.25) is 9.59 Å². The Labute approximate surface area is 472 Å². The van der Waals surface area contributed by atoms with Crippen LogP contribution in [0, 0.1) is 35.1 Å². The lowest BCUT2D eigenvalue weighted by Crippen LogP contribution is -2.51. The largest absolute Gasteiger partial charge is 0.465 e. The summed E-state index contributed by atoms with van der Waals surface area (Å²) in [7, 11) is 0. The van der Waals surface area contributed by atoms with E-state index in [9.17, 15) is 42.6 Å². The number of carboxylic acid groups (broad SMARTS) is 2. The Bertz CT molecular complexity index is 3270. The number of hydrogen-bond acceptors (Lipinski definition) is 9. The second-order valence-electron chi connectivity index (χ2n) is 23.1. The van der Waals surface area contributed by atoms with Gasteiger partial charge in [0.05, 0.1) is 51.8 Å². The van der Waals surface area contributed by atoms with Gasteiger partial charge in [-0.1, -0.05) is 25.7 Å².